The number of amides is 2. The van der Waals surface area contributed by atoms with Gasteiger partial charge in [0.25, 0.3) is 5.91 Å². The molecule has 1 aliphatic rings. The van der Waals surface area contributed by atoms with Gasteiger partial charge in [0, 0.05) is 47.9 Å². The van der Waals surface area contributed by atoms with Gasteiger partial charge in [0.2, 0.25) is 5.91 Å². The first-order valence-electron chi connectivity index (χ1n) is 10.9. The predicted octanol–water partition coefficient (Wildman–Crippen LogP) is 4.36. The lowest BCUT2D eigenvalue weighted by Gasteiger charge is -2.32. The van der Waals surface area contributed by atoms with Gasteiger partial charge in [0.1, 0.15) is 17.2 Å². The van der Waals surface area contributed by atoms with Gasteiger partial charge in [-0.1, -0.05) is 24.3 Å². The van der Waals surface area contributed by atoms with Crippen LogP contribution in [-0.2, 0) is 4.79 Å². The number of nitrogens with zero attached hydrogens (tertiary/aromatic N) is 1. The quantitative estimate of drug-likeness (QED) is 0.607. The molecule has 7 heteroatoms. The highest BCUT2D eigenvalue weighted by molar-refractivity contribution is 6.08. The Morgan fingerprint density at radius 2 is 1.61 bits per heavy atom. The van der Waals surface area contributed by atoms with Gasteiger partial charge in [-0.25, -0.2) is 0 Å². The van der Waals surface area contributed by atoms with Gasteiger partial charge < -0.3 is 24.4 Å². The van der Waals surface area contributed by atoms with Crippen LogP contribution in [0.1, 0.15) is 23.2 Å². The molecule has 0 bridgehead atoms. The van der Waals surface area contributed by atoms with Crippen molar-refractivity contribution in [3.8, 4) is 17.2 Å². The number of carbonyl (C=O) groups is 2. The number of likely N-dealkylation sites (tertiary alicyclic amines) is 1. The van der Waals surface area contributed by atoms with E-state index in [1.54, 1.807) is 50.5 Å². The maximum Gasteiger partial charge on any atom is 0.254 e. The summed E-state index contributed by atoms with van der Waals surface area (Å²) in [4.78, 5) is 28.2. The van der Waals surface area contributed by atoms with Crippen LogP contribution in [-0.4, -0.2) is 51.1 Å². The Labute approximate surface area is 193 Å². The van der Waals surface area contributed by atoms with E-state index in [1.807, 2.05) is 30.3 Å². The zero-order valence-electron chi connectivity index (χ0n) is 19.1. The Balaban J connectivity index is 1.52. The molecule has 1 atom stereocenters. The van der Waals surface area contributed by atoms with Gasteiger partial charge in [-0.2, -0.15) is 0 Å². The molecule has 1 saturated heterocycles. The smallest absolute Gasteiger partial charge is 0.254 e. The number of ether oxygens (including phenoxy) is 3. The second kappa shape index (κ2) is 9.81. The van der Waals surface area contributed by atoms with Crippen molar-refractivity contribution in [3.05, 3.63) is 60.2 Å². The van der Waals surface area contributed by atoms with Crippen LogP contribution in [0.2, 0.25) is 0 Å². The number of carbonyl (C=O) groups excluding carboxylic acids is 2. The standard InChI is InChI=1S/C26H28N2O5/c1-31-19-13-18(14-20(15-19)32-2)27-25(29)17-7-6-12-28(16-17)26(30)23-10-11-24(33-3)22-9-5-4-8-21(22)23/h4-5,8-11,13-15,17H,6-7,12,16H2,1-3H3,(H,27,29)/t17-/m0/s1. The highest BCUT2D eigenvalue weighted by Gasteiger charge is 2.30. The van der Waals surface area contributed by atoms with E-state index >= 15 is 0 Å². The van der Waals surface area contributed by atoms with Crippen LogP contribution in [0.25, 0.3) is 10.8 Å². The summed E-state index contributed by atoms with van der Waals surface area (Å²) in [6.45, 7) is 0.988. The Morgan fingerprint density at radius 1 is 0.909 bits per heavy atom. The first-order valence-corrected chi connectivity index (χ1v) is 10.9. The minimum Gasteiger partial charge on any atom is -0.497 e. The molecule has 172 valence electrons. The minimum atomic E-state index is -0.301. The van der Waals surface area contributed by atoms with Gasteiger partial charge in [0.05, 0.1) is 27.2 Å². The van der Waals surface area contributed by atoms with Crippen molar-refractivity contribution in [1.82, 2.24) is 4.90 Å². The van der Waals surface area contributed by atoms with Crippen LogP contribution in [0.5, 0.6) is 17.2 Å². The molecule has 0 radical (unpaired) electrons. The van der Waals surface area contributed by atoms with Crippen LogP contribution in [0.15, 0.2) is 54.6 Å². The summed E-state index contributed by atoms with van der Waals surface area (Å²) < 4.78 is 16.0. The number of piperidine rings is 1. The molecule has 0 spiro atoms. The molecule has 1 aliphatic heterocycles. The van der Waals surface area contributed by atoms with Crippen molar-refractivity contribution in [1.29, 1.82) is 0 Å². The van der Waals surface area contributed by atoms with Gasteiger partial charge in [-0.05, 0) is 30.4 Å². The highest BCUT2D eigenvalue weighted by atomic mass is 16.5. The van der Waals surface area contributed by atoms with E-state index in [2.05, 4.69) is 5.32 Å². The zero-order chi connectivity index (χ0) is 23.4. The number of hydrogen-bond acceptors (Lipinski definition) is 5. The predicted molar refractivity (Wildman–Crippen MR) is 127 cm³/mol. The number of methoxy groups -OCH3 is 3. The largest absolute Gasteiger partial charge is 0.497 e. The van der Waals surface area contributed by atoms with Gasteiger partial charge in [0.15, 0.2) is 0 Å². The van der Waals surface area contributed by atoms with Crippen molar-refractivity contribution < 1.29 is 23.8 Å². The lowest BCUT2D eigenvalue weighted by molar-refractivity contribution is -0.121. The fourth-order valence-electron chi connectivity index (χ4n) is 4.31. The molecule has 1 N–H and O–H groups in total. The number of nitrogens with one attached hydrogen (secondary N) is 1. The molecular formula is C26H28N2O5. The van der Waals surface area contributed by atoms with Gasteiger partial charge in [-0.15, -0.1) is 0 Å². The zero-order valence-corrected chi connectivity index (χ0v) is 19.1. The Kier molecular flexibility index (Phi) is 6.68. The molecule has 33 heavy (non-hydrogen) atoms. The first kappa shape index (κ1) is 22.5. The molecular weight excluding hydrogens is 420 g/mol. The molecule has 1 fully saturated rings. The van der Waals surface area contributed by atoms with Crippen molar-refractivity contribution in [3.63, 3.8) is 0 Å². The van der Waals surface area contributed by atoms with Crippen LogP contribution >= 0.6 is 0 Å². The second-order valence-corrected chi connectivity index (χ2v) is 8.04. The summed E-state index contributed by atoms with van der Waals surface area (Å²) in [5.74, 6) is 1.42. The highest BCUT2D eigenvalue weighted by Crippen LogP contribution is 2.31. The number of anilines is 1. The summed E-state index contributed by atoms with van der Waals surface area (Å²) in [6.07, 6.45) is 1.49. The number of fused-ring (bicyclic) bond motifs is 1. The van der Waals surface area contributed by atoms with Crippen LogP contribution in [0.4, 0.5) is 5.69 Å². The summed E-state index contributed by atoms with van der Waals surface area (Å²) in [6, 6.07) is 16.6. The Hall–Kier alpha value is -3.74. The molecule has 3 aromatic rings. The van der Waals surface area contributed by atoms with E-state index in [-0.39, 0.29) is 17.7 Å². The van der Waals surface area contributed by atoms with Crippen molar-refractivity contribution >= 4 is 28.3 Å². The number of hydrogen-bond donors (Lipinski definition) is 1. The van der Waals surface area contributed by atoms with E-state index in [4.69, 9.17) is 14.2 Å². The summed E-state index contributed by atoms with van der Waals surface area (Å²) >= 11 is 0. The van der Waals surface area contributed by atoms with Crippen molar-refractivity contribution in [2.24, 2.45) is 5.92 Å². The van der Waals surface area contributed by atoms with Crippen molar-refractivity contribution in [2.45, 2.75) is 12.8 Å². The first-order chi connectivity index (χ1) is 16.0. The molecule has 0 unspecified atom stereocenters. The molecule has 0 aliphatic carbocycles. The molecule has 4 rings (SSSR count). The Bertz CT molecular complexity index is 1150. The van der Waals surface area contributed by atoms with Crippen LogP contribution < -0.4 is 19.5 Å². The second-order valence-electron chi connectivity index (χ2n) is 8.04. The average Bonchev–Trinajstić information content (AvgIpc) is 2.87. The average molecular weight is 449 g/mol. The lowest BCUT2D eigenvalue weighted by atomic mass is 9.95. The minimum absolute atomic E-state index is 0.0746. The van der Waals surface area contributed by atoms with Crippen LogP contribution in [0.3, 0.4) is 0 Å². The van der Waals surface area contributed by atoms with Crippen molar-refractivity contribution in [2.75, 3.05) is 39.7 Å². The third kappa shape index (κ3) is 4.72. The van der Waals surface area contributed by atoms with E-state index in [0.717, 1.165) is 29.4 Å². The fourth-order valence-corrected chi connectivity index (χ4v) is 4.31. The van der Waals surface area contributed by atoms with Gasteiger partial charge in [-0.3, -0.25) is 9.59 Å². The lowest BCUT2D eigenvalue weighted by Crippen LogP contribution is -2.43. The molecule has 7 nitrogen and oxygen atoms in total. The van der Waals surface area contributed by atoms with Gasteiger partial charge >= 0.3 is 0 Å². The Morgan fingerprint density at radius 3 is 2.27 bits per heavy atom. The topological polar surface area (TPSA) is 77.1 Å². The molecule has 0 saturated carbocycles. The molecule has 1 heterocycles. The van der Waals surface area contributed by atoms with E-state index < -0.39 is 0 Å². The third-order valence-corrected chi connectivity index (χ3v) is 6.03. The van der Waals surface area contributed by atoms with Crippen LogP contribution in [0, 0.1) is 5.92 Å². The van der Waals surface area contributed by atoms with E-state index in [1.165, 1.54) is 0 Å². The maximum atomic E-state index is 13.4. The number of benzene rings is 3. The fraction of sp³-hybridized carbons (Fsp3) is 0.308. The summed E-state index contributed by atoms with van der Waals surface area (Å²) in [5.41, 5.74) is 1.21. The monoisotopic (exact) mass is 448 g/mol. The van der Waals surface area contributed by atoms with E-state index in [0.29, 0.717) is 35.8 Å². The maximum absolute atomic E-state index is 13.4. The normalized spacial score (nSPS) is 15.7. The SMILES string of the molecule is COc1cc(NC(=O)[C@H]2CCCN(C(=O)c3ccc(OC)c4ccccc34)C2)cc(OC)c1. The summed E-state index contributed by atoms with van der Waals surface area (Å²) in [7, 11) is 4.75. The van der Waals surface area contributed by atoms with E-state index in [9.17, 15) is 9.59 Å². The number of rotatable bonds is 6. The third-order valence-electron chi connectivity index (χ3n) is 6.03. The molecule has 2 amide bonds. The summed E-state index contributed by atoms with van der Waals surface area (Å²) in [5, 5.41) is 4.69. The molecule has 0 aromatic heterocycles. The molecule has 3 aromatic carbocycles.